The Morgan fingerprint density at radius 1 is 1.47 bits per heavy atom. The van der Waals surface area contributed by atoms with Gasteiger partial charge in [-0.05, 0) is 38.5 Å². The zero-order chi connectivity index (χ0) is 14.2. The summed E-state index contributed by atoms with van der Waals surface area (Å²) in [5, 5.41) is 14.0. The number of nitrogens with zero attached hydrogens (tertiary/aromatic N) is 2. The third-order valence-corrected chi connectivity index (χ3v) is 3.10. The molecule has 1 N–H and O–H groups in total. The number of hydrogen-bond acceptors (Lipinski definition) is 4. The number of carbonyl (C=O) groups is 1. The van der Waals surface area contributed by atoms with Crippen LogP contribution in [0.1, 0.15) is 26.3 Å². The van der Waals surface area contributed by atoms with Gasteiger partial charge in [-0.2, -0.15) is 9.78 Å². The number of ether oxygens (including phenoxy) is 1. The van der Waals surface area contributed by atoms with Gasteiger partial charge in [0.1, 0.15) is 5.60 Å². The molecule has 0 saturated heterocycles. The second-order valence-corrected chi connectivity index (χ2v) is 6.06. The van der Waals surface area contributed by atoms with Gasteiger partial charge in [0.05, 0.1) is 18.3 Å². The van der Waals surface area contributed by atoms with Gasteiger partial charge in [-0.25, -0.2) is 4.79 Å². The second kappa shape index (κ2) is 4.94. The minimum absolute atomic E-state index is 0.103. The van der Waals surface area contributed by atoms with Gasteiger partial charge >= 0.3 is 6.09 Å². The molecule has 1 aromatic heterocycles. The highest BCUT2D eigenvalue weighted by Crippen LogP contribution is 2.26. The van der Waals surface area contributed by atoms with Crippen LogP contribution >= 0.6 is 15.9 Å². The molecule has 5 nitrogen and oxygen atoms in total. The van der Waals surface area contributed by atoms with Crippen molar-refractivity contribution in [2.75, 3.05) is 0 Å². The average molecular weight is 327 g/mol. The van der Waals surface area contributed by atoms with E-state index in [2.05, 4.69) is 21.0 Å². The van der Waals surface area contributed by atoms with Crippen LogP contribution in [0.3, 0.4) is 0 Å². The van der Waals surface area contributed by atoms with Gasteiger partial charge in [0.2, 0.25) is 0 Å². The predicted molar refractivity (Wildman–Crippen MR) is 75.0 cm³/mol. The van der Waals surface area contributed by atoms with E-state index in [0.29, 0.717) is 11.1 Å². The maximum Gasteiger partial charge on any atom is 0.435 e. The van der Waals surface area contributed by atoms with Gasteiger partial charge in [0, 0.05) is 9.86 Å². The third kappa shape index (κ3) is 2.96. The molecule has 0 fully saturated rings. The number of halogens is 1. The normalized spacial score (nSPS) is 11.8. The van der Waals surface area contributed by atoms with Crippen LogP contribution in [0.2, 0.25) is 0 Å². The van der Waals surface area contributed by atoms with Crippen molar-refractivity contribution in [3.8, 4) is 0 Å². The summed E-state index contributed by atoms with van der Waals surface area (Å²) in [5.41, 5.74) is 0.721. The largest absolute Gasteiger partial charge is 0.442 e. The van der Waals surface area contributed by atoms with Gasteiger partial charge in [-0.3, -0.25) is 0 Å². The number of aliphatic hydroxyl groups excluding tert-OH is 1. The number of hydrogen-bond donors (Lipinski definition) is 1. The molecule has 0 unspecified atom stereocenters. The minimum atomic E-state index is -0.582. The fourth-order valence-corrected chi connectivity index (χ4v) is 2.28. The van der Waals surface area contributed by atoms with E-state index in [1.54, 1.807) is 39.1 Å². The van der Waals surface area contributed by atoms with Crippen LogP contribution in [-0.4, -0.2) is 26.6 Å². The summed E-state index contributed by atoms with van der Waals surface area (Å²) in [6.07, 6.45) is 1.05. The molecule has 0 aliphatic rings. The van der Waals surface area contributed by atoms with Gasteiger partial charge in [0.25, 0.3) is 0 Å². The molecule has 2 rings (SSSR count). The van der Waals surface area contributed by atoms with E-state index in [4.69, 9.17) is 4.74 Å². The van der Waals surface area contributed by atoms with E-state index in [-0.39, 0.29) is 6.61 Å². The topological polar surface area (TPSA) is 64.4 Å². The smallest absolute Gasteiger partial charge is 0.435 e. The van der Waals surface area contributed by atoms with Crippen LogP contribution in [0, 0.1) is 0 Å². The highest BCUT2D eigenvalue weighted by Gasteiger charge is 2.20. The van der Waals surface area contributed by atoms with Gasteiger partial charge in [-0.1, -0.05) is 15.9 Å². The lowest BCUT2D eigenvalue weighted by Crippen LogP contribution is -2.27. The summed E-state index contributed by atoms with van der Waals surface area (Å²) < 4.78 is 7.27. The first-order chi connectivity index (χ1) is 8.81. The first-order valence-electron chi connectivity index (χ1n) is 5.82. The number of carbonyl (C=O) groups excluding carboxylic acids is 1. The standard InChI is InChI=1S/C13H15BrN2O3/c1-13(2,3)19-12(18)16-11-5-8(7-17)4-10(14)9(11)6-15-16/h4-6,17H,7H2,1-3H3. The van der Waals surface area contributed by atoms with Crippen LogP contribution in [0.4, 0.5) is 4.79 Å². The predicted octanol–water partition coefficient (Wildman–Crippen LogP) is 3.07. The molecule has 6 heteroatoms. The van der Waals surface area contributed by atoms with Gasteiger partial charge in [-0.15, -0.1) is 0 Å². The van der Waals surface area contributed by atoms with E-state index < -0.39 is 11.7 Å². The summed E-state index contributed by atoms with van der Waals surface area (Å²) in [6.45, 7) is 5.29. The van der Waals surface area contributed by atoms with Crippen molar-refractivity contribution < 1.29 is 14.6 Å². The Hall–Kier alpha value is -1.40. The van der Waals surface area contributed by atoms with Crippen LogP contribution in [0.25, 0.3) is 10.9 Å². The van der Waals surface area contributed by atoms with Crippen molar-refractivity contribution in [1.82, 2.24) is 9.78 Å². The molecular weight excluding hydrogens is 312 g/mol. The van der Waals surface area contributed by atoms with Crippen LogP contribution < -0.4 is 0 Å². The zero-order valence-corrected chi connectivity index (χ0v) is 12.6. The fourth-order valence-electron chi connectivity index (χ4n) is 1.68. The Kier molecular flexibility index (Phi) is 3.64. The highest BCUT2D eigenvalue weighted by molar-refractivity contribution is 9.10. The fraction of sp³-hybridized carbons (Fsp3) is 0.385. The van der Waals surface area contributed by atoms with Crippen molar-refractivity contribution >= 4 is 32.9 Å². The summed E-state index contributed by atoms with van der Waals surface area (Å²) in [4.78, 5) is 12.0. The monoisotopic (exact) mass is 326 g/mol. The summed E-state index contributed by atoms with van der Waals surface area (Å²) in [5.74, 6) is 0. The highest BCUT2D eigenvalue weighted by atomic mass is 79.9. The van der Waals surface area contributed by atoms with Crippen molar-refractivity contribution in [3.05, 3.63) is 28.4 Å². The lowest BCUT2D eigenvalue weighted by atomic mass is 10.2. The molecule has 19 heavy (non-hydrogen) atoms. The van der Waals surface area contributed by atoms with E-state index >= 15 is 0 Å². The lowest BCUT2D eigenvalue weighted by Gasteiger charge is -2.19. The number of aliphatic hydroxyl groups is 1. The zero-order valence-electron chi connectivity index (χ0n) is 11.0. The molecule has 2 aromatic rings. The van der Waals surface area contributed by atoms with Crippen LogP contribution in [-0.2, 0) is 11.3 Å². The summed E-state index contributed by atoms with van der Waals surface area (Å²) in [7, 11) is 0. The molecule has 0 spiro atoms. The Morgan fingerprint density at radius 2 is 2.16 bits per heavy atom. The number of aromatic nitrogens is 2. The van der Waals surface area contributed by atoms with Crippen LogP contribution in [0.5, 0.6) is 0 Å². The molecule has 0 amide bonds. The van der Waals surface area contributed by atoms with E-state index in [1.807, 2.05) is 0 Å². The molecule has 1 heterocycles. The summed E-state index contributed by atoms with van der Waals surface area (Å²) in [6, 6.07) is 3.51. The van der Waals surface area contributed by atoms with Crippen molar-refractivity contribution in [3.63, 3.8) is 0 Å². The van der Waals surface area contributed by atoms with E-state index in [1.165, 1.54) is 4.68 Å². The molecule has 0 radical (unpaired) electrons. The number of rotatable bonds is 1. The minimum Gasteiger partial charge on any atom is -0.442 e. The first-order valence-corrected chi connectivity index (χ1v) is 6.61. The Balaban J connectivity index is 2.50. The maximum atomic E-state index is 12.0. The Labute approximate surface area is 119 Å². The molecule has 1 aromatic carbocycles. The Morgan fingerprint density at radius 3 is 2.74 bits per heavy atom. The third-order valence-electron chi connectivity index (χ3n) is 2.45. The van der Waals surface area contributed by atoms with E-state index in [9.17, 15) is 9.90 Å². The Bertz CT molecular complexity index is 629. The van der Waals surface area contributed by atoms with Gasteiger partial charge < -0.3 is 9.84 Å². The molecule has 0 aliphatic carbocycles. The van der Waals surface area contributed by atoms with Gasteiger partial charge in [0.15, 0.2) is 0 Å². The average Bonchev–Trinajstić information content (AvgIpc) is 2.70. The molecule has 0 atom stereocenters. The molecule has 0 aliphatic heterocycles. The number of benzene rings is 1. The lowest BCUT2D eigenvalue weighted by molar-refractivity contribution is 0.0522. The number of fused-ring (bicyclic) bond motifs is 1. The van der Waals surface area contributed by atoms with Crippen LogP contribution in [0.15, 0.2) is 22.8 Å². The summed E-state index contributed by atoms with van der Waals surface area (Å²) >= 11 is 3.40. The quantitative estimate of drug-likeness (QED) is 0.874. The van der Waals surface area contributed by atoms with E-state index in [0.717, 1.165) is 9.86 Å². The molecular formula is C13H15BrN2O3. The molecule has 102 valence electrons. The molecule has 0 bridgehead atoms. The first kappa shape index (κ1) is 14.0. The second-order valence-electron chi connectivity index (χ2n) is 5.21. The van der Waals surface area contributed by atoms with Crippen molar-refractivity contribution in [1.29, 1.82) is 0 Å². The SMILES string of the molecule is CC(C)(C)OC(=O)n1ncc2c(Br)cc(CO)cc21. The van der Waals surface area contributed by atoms with Crippen molar-refractivity contribution in [2.45, 2.75) is 33.0 Å². The van der Waals surface area contributed by atoms with Crippen molar-refractivity contribution in [2.24, 2.45) is 0 Å². The maximum absolute atomic E-state index is 12.0. The molecule has 0 saturated carbocycles.